The molecule has 1 aliphatic heterocycles. The minimum absolute atomic E-state index is 0.235. The van der Waals surface area contributed by atoms with Crippen LogP contribution in [0.25, 0.3) is 0 Å². The molecule has 1 saturated heterocycles. The Balaban J connectivity index is 1.72. The average molecular weight is 195 g/mol. The highest BCUT2D eigenvalue weighted by molar-refractivity contribution is 5.04. The highest BCUT2D eigenvalue weighted by atomic mass is 16.5. The maximum Gasteiger partial charge on any atom is 0.0819 e. The number of rotatable bonds is 0. The standard InChI is InChI=1S/C12H21NO/c1-10-6-12(7-10)9-13-8-11(14-12)4-2-3-5-11/h10,13H,2-9H2,1H3. The van der Waals surface area contributed by atoms with Gasteiger partial charge in [0.15, 0.2) is 0 Å². The molecule has 3 rings (SSSR count). The molecule has 2 heteroatoms. The van der Waals surface area contributed by atoms with Crippen LogP contribution in [-0.2, 0) is 4.74 Å². The van der Waals surface area contributed by atoms with Gasteiger partial charge in [-0.3, -0.25) is 0 Å². The van der Waals surface area contributed by atoms with Gasteiger partial charge in [0.2, 0.25) is 0 Å². The van der Waals surface area contributed by atoms with Crippen molar-refractivity contribution in [2.24, 2.45) is 5.92 Å². The molecule has 0 aromatic heterocycles. The van der Waals surface area contributed by atoms with E-state index in [4.69, 9.17) is 4.74 Å². The Labute approximate surface area is 86.4 Å². The third kappa shape index (κ3) is 1.31. The van der Waals surface area contributed by atoms with Crippen molar-refractivity contribution >= 4 is 0 Å². The van der Waals surface area contributed by atoms with Crippen LogP contribution in [0.1, 0.15) is 45.4 Å². The van der Waals surface area contributed by atoms with E-state index in [0.29, 0.717) is 0 Å². The summed E-state index contributed by atoms with van der Waals surface area (Å²) in [6, 6.07) is 0. The first kappa shape index (κ1) is 9.17. The van der Waals surface area contributed by atoms with Gasteiger partial charge in [0, 0.05) is 13.1 Å². The van der Waals surface area contributed by atoms with Gasteiger partial charge in [0.05, 0.1) is 11.2 Å². The molecule has 2 aliphatic carbocycles. The molecule has 2 spiro atoms. The van der Waals surface area contributed by atoms with Crippen LogP contribution in [-0.4, -0.2) is 24.3 Å². The van der Waals surface area contributed by atoms with Crippen LogP contribution < -0.4 is 5.32 Å². The number of morpholine rings is 1. The first-order chi connectivity index (χ1) is 6.72. The molecule has 14 heavy (non-hydrogen) atoms. The van der Waals surface area contributed by atoms with Gasteiger partial charge in [0.25, 0.3) is 0 Å². The summed E-state index contributed by atoms with van der Waals surface area (Å²) in [7, 11) is 0. The molecular weight excluding hydrogens is 174 g/mol. The van der Waals surface area contributed by atoms with E-state index in [-0.39, 0.29) is 11.2 Å². The topological polar surface area (TPSA) is 21.3 Å². The summed E-state index contributed by atoms with van der Waals surface area (Å²) in [4.78, 5) is 0. The van der Waals surface area contributed by atoms with E-state index in [1.165, 1.54) is 38.5 Å². The van der Waals surface area contributed by atoms with E-state index >= 15 is 0 Å². The summed E-state index contributed by atoms with van der Waals surface area (Å²) in [5.41, 5.74) is 0.473. The van der Waals surface area contributed by atoms with Gasteiger partial charge in [0.1, 0.15) is 0 Å². The monoisotopic (exact) mass is 195 g/mol. The van der Waals surface area contributed by atoms with E-state index in [1.807, 2.05) is 0 Å². The van der Waals surface area contributed by atoms with Crippen LogP contribution in [0.4, 0.5) is 0 Å². The summed E-state index contributed by atoms with van der Waals surface area (Å²) in [6.45, 7) is 4.53. The zero-order chi connectivity index (χ0) is 9.65. The fraction of sp³-hybridized carbons (Fsp3) is 1.00. The second kappa shape index (κ2) is 2.96. The summed E-state index contributed by atoms with van der Waals surface area (Å²) < 4.78 is 6.47. The van der Waals surface area contributed by atoms with E-state index in [0.717, 1.165) is 19.0 Å². The molecule has 0 aromatic rings. The average Bonchev–Trinajstić information content (AvgIpc) is 2.51. The molecule has 80 valence electrons. The Morgan fingerprint density at radius 1 is 1.07 bits per heavy atom. The molecule has 2 nitrogen and oxygen atoms in total. The van der Waals surface area contributed by atoms with Crippen molar-refractivity contribution in [3.8, 4) is 0 Å². The van der Waals surface area contributed by atoms with E-state index in [9.17, 15) is 0 Å². The van der Waals surface area contributed by atoms with Crippen LogP contribution in [0.2, 0.25) is 0 Å². The lowest BCUT2D eigenvalue weighted by Gasteiger charge is -2.54. The smallest absolute Gasteiger partial charge is 0.0819 e. The molecule has 3 fully saturated rings. The lowest BCUT2D eigenvalue weighted by molar-refractivity contribution is -0.221. The Morgan fingerprint density at radius 3 is 2.36 bits per heavy atom. The van der Waals surface area contributed by atoms with Crippen molar-refractivity contribution in [2.75, 3.05) is 13.1 Å². The van der Waals surface area contributed by atoms with Gasteiger partial charge >= 0.3 is 0 Å². The lowest BCUT2D eigenvalue weighted by Crippen LogP contribution is -2.64. The molecule has 0 bridgehead atoms. The van der Waals surface area contributed by atoms with Crippen molar-refractivity contribution in [3.63, 3.8) is 0 Å². The van der Waals surface area contributed by atoms with Gasteiger partial charge in [-0.15, -0.1) is 0 Å². The van der Waals surface area contributed by atoms with Crippen molar-refractivity contribution in [1.29, 1.82) is 0 Å². The lowest BCUT2D eigenvalue weighted by atomic mass is 9.70. The predicted octanol–water partition coefficient (Wildman–Crippen LogP) is 2.09. The molecule has 0 unspecified atom stereocenters. The second-order valence-electron chi connectivity index (χ2n) is 5.79. The normalized spacial score (nSPS) is 45.6. The summed E-state index contributed by atoms with van der Waals surface area (Å²) in [5, 5.41) is 3.61. The molecule has 1 N–H and O–H groups in total. The fourth-order valence-electron chi connectivity index (χ4n) is 3.79. The van der Waals surface area contributed by atoms with Crippen LogP contribution >= 0.6 is 0 Å². The summed E-state index contributed by atoms with van der Waals surface area (Å²) in [6.07, 6.45) is 7.87. The third-order valence-corrected chi connectivity index (χ3v) is 4.28. The van der Waals surface area contributed by atoms with Gasteiger partial charge in [-0.05, 0) is 31.6 Å². The minimum Gasteiger partial charge on any atom is -0.366 e. The minimum atomic E-state index is 0.235. The summed E-state index contributed by atoms with van der Waals surface area (Å²) in [5.74, 6) is 0.883. The molecule has 2 saturated carbocycles. The SMILES string of the molecule is CC1CC2(CNCC3(CCCC3)O2)C1. The van der Waals surface area contributed by atoms with E-state index < -0.39 is 0 Å². The molecule has 0 aromatic carbocycles. The fourth-order valence-corrected chi connectivity index (χ4v) is 3.79. The van der Waals surface area contributed by atoms with Gasteiger partial charge < -0.3 is 10.1 Å². The Bertz CT molecular complexity index is 221. The van der Waals surface area contributed by atoms with Crippen LogP contribution in [0, 0.1) is 5.92 Å². The number of hydrogen-bond acceptors (Lipinski definition) is 2. The number of ether oxygens (including phenoxy) is 1. The maximum absolute atomic E-state index is 6.47. The van der Waals surface area contributed by atoms with Crippen LogP contribution in [0.15, 0.2) is 0 Å². The van der Waals surface area contributed by atoms with Crippen molar-refractivity contribution in [2.45, 2.75) is 56.7 Å². The maximum atomic E-state index is 6.47. The largest absolute Gasteiger partial charge is 0.366 e. The number of nitrogens with one attached hydrogen (secondary N) is 1. The Kier molecular flexibility index (Phi) is 1.94. The van der Waals surface area contributed by atoms with Gasteiger partial charge in [-0.25, -0.2) is 0 Å². The van der Waals surface area contributed by atoms with E-state index in [1.54, 1.807) is 0 Å². The molecule has 3 aliphatic rings. The molecule has 1 heterocycles. The van der Waals surface area contributed by atoms with Crippen LogP contribution in [0.5, 0.6) is 0 Å². The Hall–Kier alpha value is -0.0800. The molecule has 0 amide bonds. The van der Waals surface area contributed by atoms with Crippen LogP contribution in [0.3, 0.4) is 0 Å². The van der Waals surface area contributed by atoms with Crippen molar-refractivity contribution in [3.05, 3.63) is 0 Å². The van der Waals surface area contributed by atoms with Crippen molar-refractivity contribution in [1.82, 2.24) is 5.32 Å². The van der Waals surface area contributed by atoms with Gasteiger partial charge in [-0.1, -0.05) is 19.8 Å². The Morgan fingerprint density at radius 2 is 1.71 bits per heavy atom. The highest BCUT2D eigenvalue weighted by Gasteiger charge is 2.52. The van der Waals surface area contributed by atoms with Crippen molar-refractivity contribution < 1.29 is 4.74 Å². The summed E-state index contributed by atoms with van der Waals surface area (Å²) >= 11 is 0. The zero-order valence-corrected chi connectivity index (χ0v) is 9.14. The third-order valence-electron chi connectivity index (χ3n) is 4.28. The first-order valence-electron chi connectivity index (χ1n) is 6.13. The predicted molar refractivity (Wildman–Crippen MR) is 56.3 cm³/mol. The molecular formula is C12H21NO. The molecule has 0 atom stereocenters. The quantitative estimate of drug-likeness (QED) is 0.639. The van der Waals surface area contributed by atoms with Gasteiger partial charge in [-0.2, -0.15) is 0 Å². The number of hydrogen-bond donors (Lipinski definition) is 1. The molecule has 0 radical (unpaired) electrons. The zero-order valence-electron chi connectivity index (χ0n) is 9.14. The highest BCUT2D eigenvalue weighted by Crippen LogP contribution is 2.48. The van der Waals surface area contributed by atoms with E-state index in [2.05, 4.69) is 12.2 Å². The first-order valence-corrected chi connectivity index (χ1v) is 6.13. The second-order valence-corrected chi connectivity index (χ2v) is 5.79.